The molecule has 3 heteroatoms. The number of rotatable bonds is 4. The highest BCUT2D eigenvalue weighted by Gasteiger charge is 2.08. The van der Waals surface area contributed by atoms with E-state index in [4.69, 9.17) is 5.26 Å². The second-order valence-corrected chi connectivity index (χ2v) is 4.07. The summed E-state index contributed by atoms with van der Waals surface area (Å²) in [6.45, 7) is 2.06. The molecule has 0 aliphatic heterocycles. The summed E-state index contributed by atoms with van der Waals surface area (Å²) in [7, 11) is 0. The van der Waals surface area contributed by atoms with E-state index in [1.807, 2.05) is 23.6 Å². The van der Waals surface area contributed by atoms with E-state index in [1.165, 1.54) is 11.8 Å². The maximum atomic E-state index is 9.57. The lowest BCUT2D eigenvalue weighted by atomic mass is 9.98. The Morgan fingerprint density at radius 3 is 2.86 bits per heavy atom. The largest absolute Gasteiger partial charge is 0.508 e. The second kappa shape index (κ2) is 5.56. The lowest BCUT2D eigenvalue weighted by Crippen LogP contribution is -1.95. The third kappa shape index (κ3) is 2.97. The van der Waals surface area contributed by atoms with Gasteiger partial charge in [-0.05, 0) is 35.7 Å². The molecule has 74 valence electrons. The summed E-state index contributed by atoms with van der Waals surface area (Å²) in [6.07, 6.45) is 0.912. The zero-order chi connectivity index (χ0) is 10.4. The van der Waals surface area contributed by atoms with Gasteiger partial charge in [-0.3, -0.25) is 0 Å². The van der Waals surface area contributed by atoms with Crippen LogP contribution in [0.3, 0.4) is 0 Å². The highest BCUT2D eigenvalue weighted by atomic mass is 32.2. The van der Waals surface area contributed by atoms with Crippen LogP contribution in [0.1, 0.15) is 24.8 Å². The van der Waals surface area contributed by atoms with Crippen molar-refractivity contribution in [3.05, 3.63) is 29.8 Å². The minimum absolute atomic E-state index is 0.303. The van der Waals surface area contributed by atoms with Crippen molar-refractivity contribution >= 4 is 11.8 Å². The Morgan fingerprint density at radius 1 is 1.50 bits per heavy atom. The topological polar surface area (TPSA) is 44.0 Å². The van der Waals surface area contributed by atoms with Crippen molar-refractivity contribution in [3.8, 4) is 11.2 Å². The third-order valence-corrected chi connectivity index (χ3v) is 2.75. The summed E-state index contributed by atoms with van der Waals surface area (Å²) < 4.78 is 0. The van der Waals surface area contributed by atoms with Crippen molar-refractivity contribution in [2.24, 2.45) is 0 Å². The number of hydrogen-bond donors (Lipinski definition) is 1. The molecular weight excluding hydrogens is 194 g/mol. The summed E-state index contributed by atoms with van der Waals surface area (Å²) in [5, 5.41) is 20.0. The number of para-hydroxylation sites is 1. The fraction of sp³-hybridized carbons (Fsp3) is 0.364. The van der Waals surface area contributed by atoms with E-state index in [0.29, 0.717) is 11.7 Å². The second-order valence-electron chi connectivity index (χ2n) is 3.19. The van der Waals surface area contributed by atoms with Crippen LogP contribution >= 0.6 is 11.8 Å². The van der Waals surface area contributed by atoms with Crippen LogP contribution in [0, 0.1) is 10.7 Å². The number of benzene rings is 1. The molecule has 14 heavy (non-hydrogen) atoms. The predicted octanol–water partition coefficient (Wildman–Crippen LogP) is 3.10. The summed E-state index contributed by atoms with van der Waals surface area (Å²) in [4.78, 5) is 0. The number of nitrogens with zero attached hydrogens (tertiary/aromatic N) is 1. The van der Waals surface area contributed by atoms with Crippen molar-refractivity contribution in [2.45, 2.75) is 19.3 Å². The van der Waals surface area contributed by atoms with Gasteiger partial charge in [-0.2, -0.15) is 5.26 Å². The summed E-state index contributed by atoms with van der Waals surface area (Å²) >= 11 is 1.26. The number of nitriles is 1. The molecule has 0 radical (unpaired) electrons. The lowest BCUT2D eigenvalue weighted by molar-refractivity contribution is 0.462. The van der Waals surface area contributed by atoms with Crippen LogP contribution in [0.5, 0.6) is 5.75 Å². The van der Waals surface area contributed by atoms with E-state index in [1.54, 1.807) is 6.07 Å². The number of thiocyanates is 1. The van der Waals surface area contributed by atoms with E-state index in [0.717, 1.165) is 17.7 Å². The van der Waals surface area contributed by atoms with E-state index >= 15 is 0 Å². The van der Waals surface area contributed by atoms with Crippen molar-refractivity contribution in [3.63, 3.8) is 0 Å². The first-order valence-corrected chi connectivity index (χ1v) is 5.53. The number of aromatic hydroxyl groups is 1. The van der Waals surface area contributed by atoms with Crippen LogP contribution in [0.15, 0.2) is 24.3 Å². The van der Waals surface area contributed by atoms with Crippen molar-refractivity contribution in [1.82, 2.24) is 0 Å². The molecule has 1 atom stereocenters. The molecular formula is C11H13NOS. The fourth-order valence-electron chi connectivity index (χ4n) is 1.34. The van der Waals surface area contributed by atoms with Gasteiger partial charge < -0.3 is 5.11 Å². The molecule has 1 N–H and O–H groups in total. The van der Waals surface area contributed by atoms with Crippen LogP contribution in [-0.4, -0.2) is 10.9 Å². The average molecular weight is 207 g/mol. The zero-order valence-corrected chi connectivity index (χ0v) is 8.92. The Labute approximate surface area is 88.6 Å². The number of phenols is 1. The molecule has 0 heterocycles. The maximum absolute atomic E-state index is 9.57. The fourth-order valence-corrected chi connectivity index (χ4v) is 1.90. The molecule has 0 bridgehead atoms. The van der Waals surface area contributed by atoms with Gasteiger partial charge in [0.25, 0.3) is 0 Å². The third-order valence-electron chi connectivity index (χ3n) is 2.19. The van der Waals surface area contributed by atoms with Crippen LogP contribution in [0.2, 0.25) is 0 Å². The highest BCUT2D eigenvalue weighted by molar-refractivity contribution is 8.03. The molecule has 0 fully saturated rings. The summed E-state index contributed by atoms with van der Waals surface area (Å²) in [6, 6.07) is 7.36. The molecule has 1 aromatic rings. The average Bonchev–Trinajstić information content (AvgIpc) is 2.18. The predicted molar refractivity (Wildman–Crippen MR) is 59.2 cm³/mol. The van der Waals surface area contributed by atoms with Crippen LogP contribution < -0.4 is 0 Å². The summed E-state index contributed by atoms with van der Waals surface area (Å²) in [5.41, 5.74) is 0.964. The van der Waals surface area contributed by atoms with Crippen LogP contribution in [-0.2, 0) is 0 Å². The van der Waals surface area contributed by atoms with Crippen LogP contribution in [0.4, 0.5) is 0 Å². The zero-order valence-electron chi connectivity index (χ0n) is 8.10. The Kier molecular flexibility index (Phi) is 4.34. The van der Waals surface area contributed by atoms with Gasteiger partial charge in [-0.25, -0.2) is 0 Å². The molecule has 0 amide bonds. The molecule has 2 nitrogen and oxygen atoms in total. The normalized spacial score (nSPS) is 12.0. The van der Waals surface area contributed by atoms with Crippen molar-refractivity contribution in [2.75, 3.05) is 5.75 Å². The van der Waals surface area contributed by atoms with Gasteiger partial charge in [0.15, 0.2) is 0 Å². The molecule has 0 aliphatic rings. The van der Waals surface area contributed by atoms with Crippen molar-refractivity contribution in [1.29, 1.82) is 5.26 Å². The Hall–Kier alpha value is -1.14. The maximum Gasteiger partial charge on any atom is 0.133 e. The number of phenolic OH excluding ortho intramolecular Hbond substituents is 1. The van der Waals surface area contributed by atoms with Gasteiger partial charge in [-0.1, -0.05) is 25.1 Å². The van der Waals surface area contributed by atoms with Crippen LogP contribution in [0.25, 0.3) is 0 Å². The van der Waals surface area contributed by atoms with Gasteiger partial charge in [0, 0.05) is 5.75 Å². The molecule has 0 saturated heterocycles. The minimum Gasteiger partial charge on any atom is -0.508 e. The minimum atomic E-state index is 0.303. The van der Waals surface area contributed by atoms with Gasteiger partial charge in [0.2, 0.25) is 0 Å². The van der Waals surface area contributed by atoms with Crippen molar-refractivity contribution < 1.29 is 5.11 Å². The van der Waals surface area contributed by atoms with E-state index in [2.05, 4.69) is 6.92 Å². The van der Waals surface area contributed by atoms with E-state index in [-0.39, 0.29) is 0 Å². The smallest absolute Gasteiger partial charge is 0.133 e. The number of thioether (sulfide) groups is 1. The monoisotopic (exact) mass is 207 g/mol. The molecule has 0 aromatic heterocycles. The molecule has 1 aromatic carbocycles. The first-order valence-electron chi connectivity index (χ1n) is 4.54. The molecule has 1 unspecified atom stereocenters. The Bertz CT molecular complexity index is 332. The lowest BCUT2D eigenvalue weighted by Gasteiger charge is -2.11. The van der Waals surface area contributed by atoms with E-state index < -0.39 is 0 Å². The highest BCUT2D eigenvalue weighted by Crippen LogP contribution is 2.28. The Balaban J connectivity index is 2.57. The van der Waals surface area contributed by atoms with E-state index in [9.17, 15) is 5.11 Å². The Morgan fingerprint density at radius 2 is 2.21 bits per heavy atom. The summed E-state index contributed by atoms with van der Waals surface area (Å²) in [5.74, 6) is 1.46. The van der Waals surface area contributed by atoms with Gasteiger partial charge >= 0.3 is 0 Å². The first kappa shape index (κ1) is 10.9. The molecule has 0 aliphatic carbocycles. The quantitative estimate of drug-likeness (QED) is 0.609. The van der Waals surface area contributed by atoms with Gasteiger partial charge in [-0.15, -0.1) is 0 Å². The SMILES string of the molecule is CC(CCSC#N)c1ccccc1O. The van der Waals surface area contributed by atoms with Gasteiger partial charge in [0.1, 0.15) is 11.2 Å². The molecule has 0 spiro atoms. The van der Waals surface area contributed by atoms with Gasteiger partial charge in [0.05, 0.1) is 0 Å². The first-order chi connectivity index (χ1) is 6.75. The molecule has 1 rings (SSSR count). The standard InChI is InChI=1S/C11H13NOS/c1-9(6-7-14-8-12)10-4-2-3-5-11(10)13/h2-5,9,13H,6-7H2,1H3. The molecule has 0 saturated carbocycles. The number of hydrogen-bond acceptors (Lipinski definition) is 3.